The molecular weight excluding hydrogens is 223 g/mol. The van der Waals surface area contributed by atoms with Gasteiger partial charge in [-0.3, -0.25) is 0 Å². The Morgan fingerprint density at radius 1 is 1.47 bits per heavy atom. The van der Waals surface area contributed by atoms with E-state index in [2.05, 4.69) is 9.97 Å². The summed E-state index contributed by atoms with van der Waals surface area (Å²) in [6, 6.07) is 0.131. The Labute approximate surface area is 100 Å². The van der Waals surface area contributed by atoms with Gasteiger partial charge in [0.15, 0.2) is 11.6 Å². The minimum absolute atomic E-state index is 0.0373. The predicted octanol–water partition coefficient (Wildman–Crippen LogP) is 1.19. The van der Waals surface area contributed by atoms with Gasteiger partial charge in [-0.1, -0.05) is 13.8 Å². The number of hydrogen-bond acceptors (Lipinski definition) is 5. The summed E-state index contributed by atoms with van der Waals surface area (Å²) in [6.45, 7) is 4.31. The maximum atomic E-state index is 13.7. The molecule has 0 amide bonds. The van der Waals surface area contributed by atoms with Crippen molar-refractivity contribution < 1.29 is 9.50 Å². The van der Waals surface area contributed by atoms with E-state index in [0.29, 0.717) is 6.54 Å². The summed E-state index contributed by atoms with van der Waals surface area (Å²) in [5.74, 6) is -0.310. The zero-order valence-corrected chi connectivity index (χ0v) is 10.2. The number of rotatable bonds is 6. The van der Waals surface area contributed by atoms with Crippen LogP contribution >= 0.6 is 0 Å². The van der Waals surface area contributed by atoms with Crippen LogP contribution in [0.25, 0.3) is 0 Å². The summed E-state index contributed by atoms with van der Waals surface area (Å²) < 4.78 is 13.7. The molecule has 17 heavy (non-hydrogen) atoms. The van der Waals surface area contributed by atoms with E-state index in [1.807, 2.05) is 13.8 Å². The van der Waals surface area contributed by atoms with E-state index in [-0.39, 0.29) is 24.4 Å². The van der Waals surface area contributed by atoms with Gasteiger partial charge in [-0.2, -0.15) is 4.98 Å². The molecule has 96 valence electrons. The third kappa shape index (κ3) is 3.26. The molecular formula is C11H19FN4O. The lowest BCUT2D eigenvalue weighted by molar-refractivity contribution is 0.295. The lowest BCUT2D eigenvalue weighted by atomic mass is 10.1. The molecule has 0 saturated carbocycles. The first-order chi connectivity index (χ1) is 8.13. The number of halogens is 1. The van der Waals surface area contributed by atoms with Crippen molar-refractivity contribution in [2.24, 2.45) is 0 Å². The molecule has 0 atom stereocenters. The Morgan fingerprint density at radius 2 is 2.12 bits per heavy atom. The second kappa shape index (κ2) is 6.34. The van der Waals surface area contributed by atoms with Gasteiger partial charge in [0.1, 0.15) is 0 Å². The van der Waals surface area contributed by atoms with Crippen molar-refractivity contribution in [2.45, 2.75) is 32.7 Å². The number of aliphatic hydroxyl groups is 1. The van der Waals surface area contributed by atoms with Gasteiger partial charge >= 0.3 is 0 Å². The monoisotopic (exact) mass is 242 g/mol. The average Bonchev–Trinajstić information content (AvgIpc) is 2.33. The van der Waals surface area contributed by atoms with Crippen molar-refractivity contribution in [3.8, 4) is 0 Å². The van der Waals surface area contributed by atoms with E-state index < -0.39 is 5.82 Å². The van der Waals surface area contributed by atoms with Gasteiger partial charge in [-0.05, 0) is 12.8 Å². The summed E-state index contributed by atoms with van der Waals surface area (Å²) in [4.78, 5) is 9.25. The molecule has 5 nitrogen and oxygen atoms in total. The first kappa shape index (κ1) is 13.6. The highest BCUT2D eigenvalue weighted by atomic mass is 19.1. The Kier molecular flexibility index (Phi) is 5.09. The molecule has 6 heteroatoms. The van der Waals surface area contributed by atoms with Gasteiger partial charge in [-0.15, -0.1) is 0 Å². The molecule has 0 fully saturated rings. The molecule has 0 unspecified atom stereocenters. The second-order valence-corrected chi connectivity index (χ2v) is 3.79. The van der Waals surface area contributed by atoms with Crippen molar-refractivity contribution in [1.82, 2.24) is 9.97 Å². The van der Waals surface area contributed by atoms with Gasteiger partial charge in [0, 0.05) is 12.6 Å². The number of nitrogen functional groups attached to an aromatic ring is 1. The van der Waals surface area contributed by atoms with Crippen LogP contribution < -0.4 is 10.6 Å². The Hall–Kier alpha value is -1.43. The van der Waals surface area contributed by atoms with Crippen LogP contribution in [0.1, 0.15) is 26.7 Å². The molecule has 1 aromatic heterocycles. The average molecular weight is 242 g/mol. The predicted molar refractivity (Wildman–Crippen MR) is 65.2 cm³/mol. The third-order valence-electron chi connectivity index (χ3n) is 2.74. The van der Waals surface area contributed by atoms with Crippen LogP contribution in [0.5, 0.6) is 0 Å². The SMILES string of the molecule is CCC(CC)N(CCO)c1nc(N)ncc1F. The highest BCUT2D eigenvalue weighted by molar-refractivity contribution is 5.43. The minimum Gasteiger partial charge on any atom is -0.395 e. The van der Waals surface area contributed by atoms with Crippen LogP contribution in [0.2, 0.25) is 0 Å². The van der Waals surface area contributed by atoms with Crippen LogP contribution in [0.4, 0.5) is 16.2 Å². The summed E-state index contributed by atoms with van der Waals surface area (Å²) in [6.07, 6.45) is 2.75. The molecule has 1 aromatic rings. The van der Waals surface area contributed by atoms with E-state index in [1.54, 1.807) is 4.90 Å². The molecule has 0 bridgehead atoms. The number of aromatic nitrogens is 2. The van der Waals surface area contributed by atoms with E-state index in [4.69, 9.17) is 10.8 Å². The van der Waals surface area contributed by atoms with Gasteiger partial charge in [-0.25, -0.2) is 9.37 Å². The Bertz CT molecular complexity index is 357. The van der Waals surface area contributed by atoms with Gasteiger partial charge in [0.2, 0.25) is 5.95 Å². The van der Waals surface area contributed by atoms with Crippen LogP contribution in [0.15, 0.2) is 6.20 Å². The second-order valence-electron chi connectivity index (χ2n) is 3.79. The number of nitrogens with two attached hydrogens (primary N) is 1. The van der Waals surface area contributed by atoms with E-state index >= 15 is 0 Å². The molecule has 0 radical (unpaired) electrons. The first-order valence-corrected chi connectivity index (χ1v) is 5.79. The topological polar surface area (TPSA) is 75.3 Å². The maximum Gasteiger partial charge on any atom is 0.222 e. The molecule has 1 rings (SSSR count). The van der Waals surface area contributed by atoms with Crippen LogP contribution in [0.3, 0.4) is 0 Å². The van der Waals surface area contributed by atoms with E-state index in [1.165, 1.54) is 0 Å². The summed E-state index contributed by atoms with van der Waals surface area (Å²) in [5.41, 5.74) is 5.47. The Balaban J connectivity index is 3.07. The highest BCUT2D eigenvalue weighted by Crippen LogP contribution is 2.21. The van der Waals surface area contributed by atoms with Crippen molar-refractivity contribution in [2.75, 3.05) is 23.8 Å². The van der Waals surface area contributed by atoms with Crippen LogP contribution in [-0.4, -0.2) is 34.3 Å². The molecule has 0 aromatic carbocycles. The van der Waals surface area contributed by atoms with Crippen molar-refractivity contribution in [3.63, 3.8) is 0 Å². The quantitative estimate of drug-likeness (QED) is 0.783. The normalized spacial score (nSPS) is 10.9. The zero-order chi connectivity index (χ0) is 12.8. The molecule has 0 aliphatic heterocycles. The molecule has 0 aliphatic carbocycles. The van der Waals surface area contributed by atoms with Gasteiger partial charge in [0.25, 0.3) is 0 Å². The summed E-state index contributed by atoms with van der Waals surface area (Å²) in [5, 5.41) is 9.06. The standard InChI is InChI=1S/C11H19FN4O/c1-3-8(4-2)16(5-6-17)10-9(12)7-14-11(13)15-10/h7-8,17H,3-6H2,1-2H3,(H2,13,14,15). The third-order valence-corrected chi connectivity index (χ3v) is 2.74. The largest absolute Gasteiger partial charge is 0.395 e. The number of anilines is 2. The van der Waals surface area contributed by atoms with Crippen LogP contribution in [-0.2, 0) is 0 Å². The van der Waals surface area contributed by atoms with Crippen molar-refractivity contribution in [3.05, 3.63) is 12.0 Å². The zero-order valence-electron chi connectivity index (χ0n) is 10.2. The number of aliphatic hydroxyl groups excluding tert-OH is 1. The number of hydrogen-bond donors (Lipinski definition) is 2. The number of nitrogens with zero attached hydrogens (tertiary/aromatic N) is 3. The minimum atomic E-state index is -0.514. The molecule has 3 N–H and O–H groups in total. The lowest BCUT2D eigenvalue weighted by Crippen LogP contribution is -2.38. The summed E-state index contributed by atoms with van der Waals surface area (Å²) >= 11 is 0. The van der Waals surface area contributed by atoms with E-state index in [9.17, 15) is 4.39 Å². The fourth-order valence-corrected chi connectivity index (χ4v) is 1.87. The van der Waals surface area contributed by atoms with Gasteiger partial charge in [0.05, 0.1) is 12.8 Å². The molecule has 1 heterocycles. The van der Waals surface area contributed by atoms with Gasteiger partial charge < -0.3 is 15.7 Å². The maximum absolute atomic E-state index is 13.7. The van der Waals surface area contributed by atoms with E-state index in [0.717, 1.165) is 19.0 Å². The highest BCUT2D eigenvalue weighted by Gasteiger charge is 2.20. The van der Waals surface area contributed by atoms with Crippen molar-refractivity contribution >= 4 is 11.8 Å². The molecule has 0 aliphatic rings. The fraction of sp³-hybridized carbons (Fsp3) is 0.636. The molecule has 0 saturated heterocycles. The summed E-state index contributed by atoms with van der Waals surface area (Å²) in [7, 11) is 0. The lowest BCUT2D eigenvalue weighted by Gasteiger charge is -2.31. The molecule has 0 spiro atoms. The van der Waals surface area contributed by atoms with Crippen molar-refractivity contribution in [1.29, 1.82) is 0 Å². The first-order valence-electron chi connectivity index (χ1n) is 5.79. The Morgan fingerprint density at radius 3 is 2.65 bits per heavy atom. The van der Waals surface area contributed by atoms with Crippen LogP contribution in [0, 0.1) is 5.82 Å². The smallest absolute Gasteiger partial charge is 0.222 e. The fourth-order valence-electron chi connectivity index (χ4n) is 1.87.